The number of benzene rings is 3. The fourth-order valence-corrected chi connectivity index (χ4v) is 5.27. The smallest absolute Gasteiger partial charge is 0.264 e. The number of hydrogen-bond donors (Lipinski definition) is 1. The van der Waals surface area contributed by atoms with E-state index < -0.39 is 40.2 Å². The summed E-state index contributed by atoms with van der Waals surface area (Å²) in [5.74, 6) is -1.46. The lowest BCUT2D eigenvalue weighted by molar-refractivity contribution is -0.139. The maximum atomic E-state index is 14.5. The predicted octanol–water partition coefficient (Wildman–Crippen LogP) is 3.50. The minimum absolute atomic E-state index is 0.0219. The van der Waals surface area contributed by atoms with Crippen LogP contribution < -0.4 is 14.4 Å². The predicted molar refractivity (Wildman–Crippen MR) is 139 cm³/mol. The van der Waals surface area contributed by atoms with Crippen LogP contribution in [-0.2, 0) is 26.2 Å². The molecule has 0 fully saturated rings. The Morgan fingerprint density at radius 2 is 1.68 bits per heavy atom. The van der Waals surface area contributed by atoms with Crippen LogP contribution in [0.15, 0.2) is 77.7 Å². The first kappa shape index (κ1) is 27.7. The van der Waals surface area contributed by atoms with Crippen molar-refractivity contribution in [1.29, 1.82) is 0 Å². The average molecular weight is 528 g/mol. The molecule has 3 aromatic rings. The summed E-state index contributed by atoms with van der Waals surface area (Å²) in [6.07, 6.45) is 0. The molecule has 0 saturated heterocycles. The van der Waals surface area contributed by atoms with E-state index in [9.17, 15) is 22.4 Å². The minimum atomic E-state index is -4.23. The Morgan fingerprint density at radius 1 is 1.03 bits per heavy atom. The van der Waals surface area contributed by atoms with Crippen molar-refractivity contribution in [3.05, 3.63) is 89.7 Å². The molecule has 1 atom stereocenters. The van der Waals surface area contributed by atoms with Crippen molar-refractivity contribution in [2.24, 2.45) is 0 Å². The standard InChI is InChI=1S/C27H30FN3O5S/c1-19-14-15-25(36-4)24(16-19)31(37(34,35)22-11-6-5-7-12-22)18-26(32)30(20(2)27(33)29-3)17-21-10-8-9-13-23(21)28/h5-16,20H,17-18H2,1-4H3,(H,29,33)/t20-/m1/s1. The van der Waals surface area contributed by atoms with Gasteiger partial charge in [0.1, 0.15) is 24.2 Å². The zero-order valence-electron chi connectivity index (χ0n) is 21.1. The topological polar surface area (TPSA) is 96.0 Å². The fraction of sp³-hybridized carbons (Fsp3) is 0.259. The molecule has 0 heterocycles. The highest BCUT2D eigenvalue weighted by Crippen LogP contribution is 2.33. The summed E-state index contributed by atoms with van der Waals surface area (Å²) in [4.78, 5) is 27.4. The van der Waals surface area contributed by atoms with Crippen molar-refractivity contribution in [2.75, 3.05) is 25.0 Å². The lowest BCUT2D eigenvalue weighted by atomic mass is 10.1. The molecule has 0 spiro atoms. The second-order valence-corrected chi connectivity index (χ2v) is 10.3. The zero-order valence-corrected chi connectivity index (χ0v) is 22.0. The van der Waals surface area contributed by atoms with E-state index in [2.05, 4.69) is 5.32 Å². The maximum absolute atomic E-state index is 14.5. The van der Waals surface area contributed by atoms with Crippen LogP contribution in [0.2, 0.25) is 0 Å². The molecule has 10 heteroatoms. The van der Waals surface area contributed by atoms with Gasteiger partial charge < -0.3 is 15.0 Å². The maximum Gasteiger partial charge on any atom is 0.264 e. The number of nitrogens with one attached hydrogen (secondary N) is 1. The number of carbonyl (C=O) groups is 2. The van der Waals surface area contributed by atoms with Gasteiger partial charge in [-0.2, -0.15) is 0 Å². The molecule has 0 saturated carbocycles. The average Bonchev–Trinajstić information content (AvgIpc) is 2.90. The Morgan fingerprint density at radius 3 is 2.30 bits per heavy atom. The van der Waals surface area contributed by atoms with Crippen molar-refractivity contribution in [2.45, 2.75) is 31.3 Å². The highest BCUT2D eigenvalue weighted by molar-refractivity contribution is 7.92. The number of methoxy groups -OCH3 is 1. The molecule has 0 aromatic heterocycles. The first-order chi connectivity index (χ1) is 17.6. The molecular formula is C27H30FN3O5S. The van der Waals surface area contributed by atoms with Crippen molar-refractivity contribution in [3.63, 3.8) is 0 Å². The van der Waals surface area contributed by atoms with Crippen LogP contribution in [-0.4, -0.2) is 51.9 Å². The third kappa shape index (κ3) is 6.26. The molecule has 37 heavy (non-hydrogen) atoms. The Kier molecular flexibility index (Phi) is 8.88. The third-order valence-corrected chi connectivity index (χ3v) is 7.70. The van der Waals surface area contributed by atoms with Gasteiger partial charge in [0.25, 0.3) is 10.0 Å². The second kappa shape index (κ2) is 11.9. The molecule has 0 aliphatic rings. The number of anilines is 1. The number of halogens is 1. The number of hydrogen-bond acceptors (Lipinski definition) is 5. The highest BCUT2D eigenvalue weighted by Gasteiger charge is 2.33. The van der Waals surface area contributed by atoms with Gasteiger partial charge in [-0.25, -0.2) is 12.8 Å². The van der Waals surface area contributed by atoms with Crippen molar-refractivity contribution in [1.82, 2.24) is 10.2 Å². The van der Waals surface area contributed by atoms with Gasteiger partial charge in [-0.05, 0) is 49.7 Å². The molecule has 3 aromatic carbocycles. The molecule has 0 bridgehead atoms. The van der Waals surface area contributed by atoms with Gasteiger partial charge >= 0.3 is 0 Å². The summed E-state index contributed by atoms with van der Waals surface area (Å²) in [5, 5.41) is 2.49. The summed E-state index contributed by atoms with van der Waals surface area (Å²) in [6, 6.07) is 17.6. The largest absolute Gasteiger partial charge is 0.495 e. The Bertz CT molecular complexity index is 1370. The van der Waals surface area contributed by atoms with E-state index in [1.807, 2.05) is 0 Å². The Hall–Kier alpha value is -3.92. The van der Waals surface area contributed by atoms with E-state index in [0.717, 1.165) is 14.8 Å². The van der Waals surface area contributed by atoms with Crippen LogP contribution in [0.5, 0.6) is 5.75 Å². The van der Waals surface area contributed by atoms with Crippen LogP contribution in [0.3, 0.4) is 0 Å². The van der Waals surface area contributed by atoms with Gasteiger partial charge in [-0.15, -0.1) is 0 Å². The van der Waals surface area contributed by atoms with E-state index in [-0.39, 0.29) is 28.4 Å². The molecule has 2 amide bonds. The van der Waals surface area contributed by atoms with E-state index >= 15 is 0 Å². The van der Waals surface area contributed by atoms with E-state index in [4.69, 9.17) is 4.74 Å². The number of carbonyl (C=O) groups excluding carboxylic acids is 2. The number of nitrogens with zero attached hydrogens (tertiary/aromatic N) is 2. The molecule has 0 aliphatic heterocycles. The first-order valence-corrected chi connectivity index (χ1v) is 13.0. The summed E-state index contributed by atoms with van der Waals surface area (Å²) in [6.45, 7) is 2.41. The number of rotatable bonds is 10. The lowest BCUT2D eigenvalue weighted by Gasteiger charge is -2.32. The van der Waals surface area contributed by atoms with Crippen LogP contribution in [0.25, 0.3) is 0 Å². The molecule has 3 rings (SSSR count). The Balaban J connectivity index is 2.11. The molecule has 8 nitrogen and oxygen atoms in total. The third-order valence-electron chi connectivity index (χ3n) is 5.93. The first-order valence-electron chi connectivity index (χ1n) is 11.6. The van der Waals surface area contributed by atoms with Gasteiger partial charge in [-0.1, -0.05) is 42.5 Å². The fourth-order valence-electron chi connectivity index (χ4n) is 3.83. The monoisotopic (exact) mass is 527 g/mol. The normalized spacial score (nSPS) is 11.9. The summed E-state index contributed by atoms with van der Waals surface area (Å²) < 4.78 is 48.5. The van der Waals surface area contributed by atoms with Gasteiger partial charge in [-0.3, -0.25) is 13.9 Å². The van der Waals surface area contributed by atoms with E-state index in [1.54, 1.807) is 49.4 Å². The van der Waals surface area contributed by atoms with Crippen LogP contribution in [0, 0.1) is 12.7 Å². The number of ether oxygens (including phenoxy) is 1. The minimum Gasteiger partial charge on any atom is -0.495 e. The number of likely N-dealkylation sites (N-methyl/N-ethyl adjacent to an activating group) is 1. The van der Waals surface area contributed by atoms with E-state index in [1.165, 1.54) is 51.4 Å². The molecular weight excluding hydrogens is 497 g/mol. The van der Waals surface area contributed by atoms with Crippen LogP contribution >= 0.6 is 0 Å². The quantitative estimate of drug-likeness (QED) is 0.436. The summed E-state index contributed by atoms with van der Waals surface area (Å²) >= 11 is 0. The molecule has 196 valence electrons. The van der Waals surface area contributed by atoms with Gasteiger partial charge in [0.2, 0.25) is 11.8 Å². The van der Waals surface area contributed by atoms with Gasteiger partial charge in [0.05, 0.1) is 17.7 Å². The molecule has 0 unspecified atom stereocenters. The molecule has 0 aliphatic carbocycles. The van der Waals surface area contributed by atoms with Gasteiger partial charge in [0, 0.05) is 19.2 Å². The lowest BCUT2D eigenvalue weighted by Crippen LogP contribution is -2.50. The SMILES string of the molecule is CNC(=O)[C@@H](C)N(Cc1ccccc1F)C(=O)CN(c1cc(C)ccc1OC)S(=O)(=O)c1ccccc1. The second-order valence-electron chi connectivity index (χ2n) is 8.40. The summed E-state index contributed by atoms with van der Waals surface area (Å²) in [5.41, 5.74) is 1.11. The number of aryl methyl sites for hydroxylation is 1. The molecule has 1 N–H and O–H groups in total. The van der Waals surface area contributed by atoms with Crippen LogP contribution in [0.1, 0.15) is 18.1 Å². The summed E-state index contributed by atoms with van der Waals surface area (Å²) in [7, 11) is -1.40. The zero-order chi connectivity index (χ0) is 27.2. The van der Waals surface area contributed by atoms with E-state index in [0.29, 0.717) is 0 Å². The Labute approximate surface area is 216 Å². The highest BCUT2D eigenvalue weighted by atomic mass is 32.2. The van der Waals surface area contributed by atoms with Crippen LogP contribution in [0.4, 0.5) is 10.1 Å². The molecule has 0 radical (unpaired) electrons. The number of amides is 2. The van der Waals surface area contributed by atoms with Crippen molar-refractivity contribution in [3.8, 4) is 5.75 Å². The van der Waals surface area contributed by atoms with Gasteiger partial charge in [0.15, 0.2) is 0 Å². The van der Waals surface area contributed by atoms with Crippen molar-refractivity contribution >= 4 is 27.5 Å². The number of sulfonamides is 1. The van der Waals surface area contributed by atoms with Crippen molar-refractivity contribution < 1.29 is 27.1 Å².